The molecule has 0 aromatic carbocycles. The van der Waals surface area contributed by atoms with Crippen LogP contribution < -0.4 is 10.6 Å². The molecule has 0 bridgehead atoms. The Morgan fingerprint density at radius 2 is 2.10 bits per heavy atom. The molecule has 0 saturated heterocycles. The lowest BCUT2D eigenvalue weighted by Gasteiger charge is -2.23. The summed E-state index contributed by atoms with van der Waals surface area (Å²) in [5.74, 6) is 0.883. The van der Waals surface area contributed by atoms with Crippen molar-refractivity contribution in [3.63, 3.8) is 0 Å². The van der Waals surface area contributed by atoms with Gasteiger partial charge in [-0.05, 0) is 61.2 Å². The van der Waals surface area contributed by atoms with Crippen LogP contribution in [0, 0.1) is 2.88 Å². The van der Waals surface area contributed by atoms with Crippen molar-refractivity contribution < 1.29 is 0 Å². The molecule has 2 N–H and O–H groups in total. The molecule has 1 heterocycles. The number of rotatable bonds is 6. The van der Waals surface area contributed by atoms with E-state index in [-0.39, 0.29) is 28.7 Å². The Balaban J connectivity index is 0.00000361. The third-order valence-electron chi connectivity index (χ3n) is 2.75. The molecule has 3 nitrogen and oxygen atoms in total. The third kappa shape index (κ3) is 8.28. The summed E-state index contributed by atoms with van der Waals surface area (Å²) in [6.07, 6.45) is 3.18. The molecule has 1 aromatic heterocycles. The van der Waals surface area contributed by atoms with Gasteiger partial charge in [0.25, 0.3) is 0 Å². The third-order valence-corrected chi connectivity index (χ3v) is 5.95. The Hall–Kier alpha value is 0.780. The smallest absolute Gasteiger partial charge is 0.191 e. The first-order chi connectivity index (χ1) is 8.96. The standard InChI is InChI=1S/C13H22IN3S2.HI/c1-13(2,18-4)9-17-12(15-3)16-8-7-10-5-6-11(14)19-10;/h5-6H,7-9H2,1-4H3,(H2,15,16,17);1H. The van der Waals surface area contributed by atoms with Gasteiger partial charge in [0.1, 0.15) is 0 Å². The molecule has 20 heavy (non-hydrogen) atoms. The van der Waals surface area contributed by atoms with E-state index in [2.05, 4.69) is 70.5 Å². The molecule has 7 heteroatoms. The molecular formula is C13H23I2N3S2. The quantitative estimate of drug-likeness (QED) is 0.328. The van der Waals surface area contributed by atoms with E-state index in [1.54, 1.807) is 0 Å². The number of halogens is 2. The predicted molar refractivity (Wildman–Crippen MR) is 113 cm³/mol. The molecule has 0 aliphatic carbocycles. The van der Waals surface area contributed by atoms with Gasteiger partial charge in [-0.3, -0.25) is 4.99 Å². The number of hydrogen-bond acceptors (Lipinski definition) is 3. The molecule has 1 aromatic rings. The maximum atomic E-state index is 4.25. The number of nitrogens with one attached hydrogen (secondary N) is 2. The first-order valence-electron chi connectivity index (χ1n) is 6.21. The number of thioether (sulfide) groups is 1. The molecular weight excluding hydrogens is 516 g/mol. The molecule has 0 radical (unpaired) electrons. The van der Waals surface area contributed by atoms with Crippen LogP contribution in [-0.2, 0) is 6.42 Å². The zero-order valence-corrected chi connectivity index (χ0v) is 18.4. The highest BCUT2D eigenvalue weighted by Gasteiger charge is 2.15. The molecule has 0 amide bonds. The van der Waals surface area contributed by atoms with Crippen LogP contribution in [0.25, 0.3) is 0 Å². The lowest BCUT2D eigenvalue weighted by Crippen LogP contribution is -2.43. The fourth-order valence-corrected chi connectivity index (χ4v) is 3.35. The summed E-state index contributed by atoms with van der Waals surface area (Å²) in [4.78, 5) is 5.66. The van der Waals surface area contributed by atoms with Gasteiger partial charge in [-0.25, -0.2) is 0 Å². The van der Waals surface area contributed by atoms with Gasteiger partial charge < -0.3 is 10.6 Å². The minimum absolute atomic E-state index is 0. The van der Waals surface area contributed by atoms with Crippen molar-refractivity contribution in [3.05, 3.63) is 19.9 Å². The number of nitrogens with zero attached hydrogens (tertiary/aromatic N) is 1. The second-order valence-electron chi connectivity index (χ2n) is 4.77. The van der Waals surface area contributed by atoms with Crippen LogP contribution >= 0.6 is 69.7 Å². The van der Waals surface area contributed by atoms with Crippen LogP contribution in [0.4, 0.5) is 0 Å². The molecule has 116 valence electrons. The molecule has 0 fully saturated rings. The van der Waals surface area contributed by atoms with Crippen molar-refractivity contribution in [2.45, 2.75) is 25.0 Å². The fourth-order valence-electron chi connectivity index (χ4n) is 1.38. The minimum Gasteiger partial charge on any atom is -0.356 e. The molecule has 0 aliphatic rings. The molecule has 0 saturated carbocycles. The lowest BCUT2D eigenvalue weighted by atomic mass is 10.2. The molecule has 0 unspecified atom stereocenters. The van der Waals surface area contributed by atoms with Crippen LogP contribution in [0.3, 0.4) is 0 Å². The summed E-state index contributed by atoms with van der Waals surface area (Å²) in [6.45, 7) is 6.28. The Bertz CT molecular complexity index is 420. The van der Waals surface area contributed by atoms with Crippen LogP contribution in [0.5, 0.6) is 0 Å². The lowest BCUT2D eigenvalue weighted by molar-refractivity contribution is 0.664. The normalized spacial score (nSPS) is 11.9. The van der Waals surface area contributed by atoms with E-state index in [1.807, 2.05) is 30.1 Å². The second kappa shape index (κ2) is 10.5. The van der Waals surface area contributed by atoms with Gasteiger partial charge in [-0.1, -0.05) is 0 Å². The average molecular weight is 539 g/mol. The highest BCUT2D eigenvalue weighted by atomic mass is 127. The van der Waals surface area contributed by atoms with Gasteiger partial charge in [0, 0.05) is 29.8 Å². The first kappa shape index (κ1) is 20.8. The molecule has 0 aliphatic heterocycles. The van der Waals surface area contributed by atoms with Gasteiger partial charge in [0.2, 0.25) is 0 Å². The van der Waals surface area contributed by atoms with E-state index in [9.17, 15) is 0 Å². The number of hydrogen-bond donors (Lipinski definition) is 2. The predicted octanol–water partition coefficient (Wildman–Crippen LogP) is 3.82. The average Bonchev–Trinajstić information content (AvgIpc) is 2.79. The summed E-state index contributed by atoms with van der Waals surface area (Å²) in [5, 5.41) is 6.73. The van der Waals surface area contributed by atoms with Gasteiger partial charge in [-0.15, -0.1) is 35.3 Å². The summed E-state index contributed by atoms with van der Waals surface area (Å²) >= 11 is 6.07. The zero-order valence-electron chi connectivity index (χ0n) is 12.3. The minimum atomic E-state index is 0. The van der Waals surface area contributed by atoms with Crippen molar-refractivity contribution >= 4 is 75.6 Å². The Labute approximate surface area is 161 Å². The monoisotopic (exact) mass is 539 g/mol. The van der Waals surface area contributed by atoms with Crippen LogP contribution in [0.2, 0.25) is 0 Å². The van der Waals surface area contributed by atoms with Crippen LogP contribution in [0.15, 0.2) is 17.1 Å². The van der Waals surface area contributed by atoms with E-state index in [0.29, 0.717) is 0 Å². The topological polar surface area (TPSA) is 36.4 Å². The summed E-state index contributed by atoms with van der Waals surface area (Å²) in [5.41, 5.74) is 0. The number of guanidine groups is 1. The van der Waals surface area contributed by atoms with E-state index >= 15 is 0 Å². The van der Waals surface area contributed by atoms with Gasteiger partial charge in [-0.2, -0.15) is 11.8 Å². The second-order valence-corrected chi connectivity index (χ2v) is 9.35. The fraction of sp³-hybridized carbons (Fsp3) is 0.615. The summed E-state index contributed by atoms with van der Waals surface area (Å²) in [6, 6.07) is 4.36. The largest absolute Gasteiger partial charge is 0.356 e. The molecule has 0 atom stereocenters. The first-order valence-corrected chi connectivity index (χ1v) is 9.33. The SMILES string of the molecule is CN=C(NCCc1ccc(I)s1)NCC(C)(C)SC.I. The maximum Gasteiger partial charge on any atom is 0.191 e. The maximum absolute atomic E-state index is 4.25. The van der Waals surface area contributed by atoms with E-state index in [0.717, 1.165) is 25.5 Å². The van der Waals surface area contributed by atoms with Gasteiger partial charge in [0.15, 0.2) is 5.96 Å². The van der Waals surface area contributed by atoms with E-state index in [4.69, 9.17) is 0 Å². The zero-order chi connectivity index (χ0) is 14.3. The van der Waals surface area contributed by atoms with Crippen molar-refractivity contribution in [2.75, 3.05) is 26.4 Å². The molecule has 0 spiro atoms. The van der Waals surface area contributed by atoms with Crippen molar-refractivity contribution in [3.8, 4) is 0 Å². The number of thiophene rings is 1. The Morgan fingerprint density at radius 3 is 2.60 bits per heavy atom. The highest BCUT2D eigenvalue weighted by molar-refractivity contribution is 14.1. The Kier molecular flexibility index (Phi) is 10.9. The van der Waals surface area contributed by atoms with Crippen LogP contribution in [-0.4, -0.2) is 37.1 Å². The van der Waals surface area contributed by atoms with E-state index < -0.39 is 0 Å². The number of aliphatic imine (C=N–C) groups is 1. The highest BCUT2D eigenvalue weighted by Crippen LogP contribution is 2.19. The molecule has 1 rings (SSSR count). The summed E-state index contributed by atoms with van der Waals surface area (Å²) in [7, 11) is 1.81. The van der Waals surface area contributed by atoms with Crippen LogP contribution in [0.1, 0.15) is 18.7 Å². The van der Waals surface area contributed by atoms with Crippen molar-refractivity contribution in [2.24, 2.45) is 4.99 Å². The van der Waals surface area contributed by atoms with Gasteiger partial charge in [0.05, 0.1) is 2.88 Å². The Morgan fingerprint density at radius 1 is 1.40 bits per heavy atom. The summed E-state index contributed by atoms with van der Waals surface area (Å²) < 4.78 is 1.57. The van der Waals surface area contributed by atoms with Crippen molar-refractivity contribution in [1.29, 1.82) is 0 Å². The van der Waals surface area contributed by atoms with Crippen molar-refractivity contribution in [1.82, 2.24) is 10.6 Å². The van der Waals surface area contributed by atoms with Gasteiger partial charge >= 0.3 is 0 Å². The van der Waals surface area contributed by atoms with E-state index in [1.165, 1.54) is 7.76 Å².